The van der Waals surface area contributed by atoms with Gasteiger partial charge in [-0.1, -0.05) is 54.1 Å². The Morgan fingerprint density at radius 3 is 2.49 bits per heavy atom. The second-order valence-electron chi connectivity index (χ2n) is 9.46. The number of nitrogens with two attached hydrogens (primary N) is 1. The summed E-state index contributed by atoms with van der Waals surface area (Å²) in [6, 6.07) is 20.8. The number of amidine groups is 2. The van der Waals surface area contributed by atoms with E-state index in [1.165, 1.54) is 16.1 Å². The number of piperidine rings is 1. The highest BCUT2D eigenvalue weighted by Gasteiger charge is 2.32. The summed E-state index contributed by atoms with van der Waals surface area (Å²) in [4.78, 5) is 4.93. The van der Waals surface area contributed by atoms with Gasteiger partial charge in [-0.15, -0.1) is 11.3 Å². The predicted octanol–water partition coefficient (Wildman–Crippen LogP) is 5.07. The van der Waals surface area contributed by atoms with Crippen molar-refractivity contribution >= 4 is 39.6 Å². The van der Waals surface area contributed by atoms with Crippen molar-refractivity contribution in [3.63, 3.8) is 0 Å². The van der Waals surface area contributed by atoms with Crippen LogP contribution in [0.2, 0.25) is 5.02 Å². The number of halogens is 1. The van der Waals surface area contributed by atoms with Crippen LogP contribution in [0.5, 0.6) is 0 Å². The van der Waals surface area contributed by atoms with Gasteiger partial charge in [0.2, 0.25) is 0 Å². The van der Waals surface area contributed by atoms with Gasteiger partial charge in [-0.05, 0) is 67.1 Å². The number of nitrogens with zero attached hydrogens (tertiary/aromatic N) is 3. The zero-order valence-electron chi connectivity index (χ0n) is 20.0. The summed E-state index contributed by atoms with van der Waals surface area (Å²) < 4.78 is 2.07. The number of hydrogen-bond acceptors (Lipinski definition) is 4. The van der Waals surface area contributed by atoms with E-state index in [0.29, 0.717) is 11.8 Å². The molecule has 0 unspecified atom stereocenters. The fourth-order valence-electron chi connectivity index (χ4n) is 5.13. The lowest BCUT2D eigenvalue weighted by atomic mass is 9.95. The van der Waals surface area contributed by atoms with Crippen LogP contribution in [0.25, 0.3) is 0 Å². The highest BCUT2D eigenvalue weighted by Crippen LogP contribution is 2.32. The summed E-state index contributed by atoms with van der Waals surface area (Å²) >= 11 is 7.73. The normalized spacial score (nSPS) is 18.9. The first-order valence-electron chi connectivity index (χ1n) is 12.4. The third-order valence-corrected chi connectivity index (χ3v) is 8.44. The highest BCUT2D eigenvalue weighted by atomic mass is 35.5. The Morgan fingerprint density at radius 1 is 1.00 bits per heavy atom. The van der Waals surface area contributed by atoms with Gasteiger partial charge in [0.05, 0.1) is 18.7 Å². The van der Waals surface area contributed by atoms with Crippen LogP contribution in [0.4, 0.5) is 5.00 Å². The molecule has 5 rings (SSSR count). The molecule has 5 nitrogen and oxygen atoms in total. The van der Waals surface area contributed by atoms with Crippen LogP contribution < -0.4 is 10.6 Å². The lowest BCUT2D eigenvalue weighted by Gasteiger charge is -2.31. The van der Waals surface area contributed by atoms with E-state index in [1.54, 1.807) is 11.3 Å². The van der Waals surface area contributed by atoms with Crippen molar-refractivity contribution in [1.29, 1.82) is 5.41 Å². The molecule has 0 saturated carbocycles. The molecule has 3 aromatic rings. The molecule has 1 aromatic heterocycles. The van der Waals surface area contributed by atoms with Gasteiger partial charge in [0.1, 0.15) is 5.00 Å². The first kappa shape index (κ1) is 24.0. The lowest BCUT2D eigenvalue weighted by Crippen LogP contribution is -2.45. The molecule has 1 fully saturated rings. The molecule has 0 aliphatic carbocycles. The van der Waals surface area contributed by atoms with Gasteiger partial charge in [0, 0.05) is 24.0 Å². The molecular weight excluding hydrogens is 474 g/mol. The SMILES string of the molecule is N=C1c2ccsc2N(Cc2ccccc2)CC[N+]1=C(N)C1CCN(CCc2ccc(Cl)cc2)CC1. The van der Waals surface area contributed by atoms with E-state index in [0.717, 1.165) is 75.0 Å². The monoisotopic (exact) mass is 506 g/mol. The second kappa shape index (κ2) is 10.9. The minimum absolute atomic E-state index is 0.324. The Balaban J connectivity index is 1.24. The molecule has 2 aliphatic rings. The minimum Gasteiger partial charge on any atom is -0.355 e. The average molecular weight is 507 g/mol. The van der Waals surface area contributed by atoms with Crippen molar-refractivity contribution in [2.45, 2.75) is 25.8 Å². The third kappa shape index (κ3) is 5.61. The molecule has 35 heavy (non-hydrogen) atoms. The standard InChI is InChI=1S/C28H32ClN5S/c29-24-8-6-21(7-9-24)10-14-32-15-11-23(12-16-32)26(30)34-18-17-33(20-22-4-2-1-3-5-22)28-25(27(34)31)13-19-35-28/h1-9,13,19,23,30-31H,10-12,14-18,20H2/p+1. The van der Waals surface area contributed by atoms with Crippen molar-refractivity contribution in [2.75, 3.05) is 37.6 Å². The Bertz CT molecular complexity index is 1180. The number of hydrogen-bond donors (Lipinski definition) is 2. The smallest absolute Gasteiger partial charge is 0.264 e. The molecule has 0 radical (unpaired) electrons. The zero-order chi connectivity index (χ0) is 24.2. The van der Waals surface area contributed by atoms with Gasteiger partial charge < -0.3 is 15.5 Å². The maximum absolute atomic E-state index is 9.00. The first-order chi connectivity index (χ1) is 17.1. The molecule has 3 heterocycles. The van der Waals surface area contributed by atoms with Crippen molar-refractivity contribution < 1.29 is 4.58 Å². The van der Waals surface area contributed by atoms with E-state index < -0.39 is 0 Å². The van der Waals surface area contributed by atoms with Gasteiger partial charge in [0.25, 0.3) is 5.84 Å². The first-order valence-corrected chi connectivity index (χ1v) is 13.7. The molecule has 7 heteroatoms. The highest BCUT2D eigenvalue weighted by molar-refractivity contribution is 7.14. The summed E-state index contributed by atoms with van der Waals surface area (Å²) in [6.45, 7) is 5.59. The van der Waals surface area contributed by atoms with Gasteiger partial charge >= 0.3 is 0 Å². The summed E-state index contributed by atoms with van der Waals surface area (Å²) in [7, 11) is 0. The molecule has 0 amide bonds. The molecule has 1 saturated heterocycles. The van der Waals surface area contributed by atoms with Crippen LogP contribution in [0.1, 0.15) is 29.5 Å². The topological polar surface area (TPSA) is 59.4 Å². The average Bonchev–Trinajstić information content (AvgIpc) is 3.34. The van der Waals surface area contributed by atoms with E-state index in [9.17, 15) is 0 Å². The van der Waals surface area contributed by atoms with Crippen LogP contribution in [-0.4, -0.2) is 53.9 Å². The predicted molar refractivity (Wildman–Crippen MR) is 147 cm³/mol. The number of thiophene rings is 1. The van der Waals surface area contributed by atoms with E-state index in [1.807, 2.05) is 12.1 Å². The minimum atomic E-state index is 0.324. The third-order valence-electron chi connectivity index (χ3n) is 7.21. The van der Waals surface area contributed by atoms with Crippen LogP contribution in [-0.2, 0) is 13.0 Å². The van der Waals surface area contributed by atoms with E-state index in [2.05, 4.69) is 68.3 Å². The lowest BCUT2D eigenvalue weighted by molar-refractivity contribution is -0.409. The second-order valence-corrected chi connectivity index (χ2v) is 10.8. The van der Waals surface area contributed by atoms with E-state index in [4.69, 9.17) is 22.7 Å². The van der Waals surface area contributed by atoms with Crippen molar-refractivity contribution in [1.82, 2.24) is 4.90 Å². The Kier molecular flexibility index (Phi) is 7.51. The molecule has 0 atom stereocenters. The molecular formula is C28H33ClN5S+. The molecule has 0 bridgehead atoms. The van der Waals surface area contributed by atoms with Crippen LogP contribution in [0.15, 0.2) is 66.0 Å². The van der Waals surface area contributed by atoms with Crippen LogP contribution in [0.3, 0.4) is 0 Å². The Hall–Kier alpha value is -2.67. The summed E-state index contributed by atoms with van der Waals surface area (Å²) in [5.41, 5.74) is 10.4. The Labute approximate surface area is 217 Å². The largest absolute Gasteiger partial charge is 0.355 e. The molecule has 2 aliphatic heterocycles. The molecule has 182 valence electrons. The van der Waals surface area contributed by atoms with Gasteiger partial charge in [-0.2, -0.15) is 5.41 Å². The van der Waals surface area contributed by atoms with Gasteiger partial charge in [-0.3, -0.25) is 0 Å². The Morgan fingerprint density at radius 2 is 1.74 bits per heavy atom. The number of rotatable bonds is 6. The van der Waals surface area contributed by atoms with Crippen LogP contribution in [0, 0.1) is 11.3 Å². The number of fused-ring (bicyclic) bond motifs is 1. The van der Waals surface area contributed by atoms with Crippen molar-refractivity contribution in [2.24, 2.45) is 11.7 Å². The van der Waals surface area contributed by atoms with E-state index >= 15 is 0 Å². The number of likely N-dealkylation sites (tertiary alicyclic amines) is 1. The zero-order valence-corrected chi connectivity index (χ0v) is 21.6. The van der Waals surface area contributed by atoms with Gasteiger partial charge in [-0.25, -0.2) is 4.58 Å². The van der Waals surface area contributed by atoms with E-state index in [-0.39, 0.29) is 0 Å². The quantitative estimate of drug-likeness (QED) is 0.362. The van der Waals surface area contributed by atoms with Gasteiger partial charge in [0.15, 0.2) is 5.84 Å². The fraction of sp³-hybridized carbons (Fsp3) is 0.357. The summed E-state index contributed by atoms with van der Waals surface area (Å²) in [6.07, 6.45) is 3.12. The molecule has 0 spiro atoms. The summed E-state index contributed by atoms with van der Waals surface area (Å²) in [5, 5.41) is 13.1. The maximum atomic E-state index is 9.00. The maximum Gasteiger partial charge on any atom is 0.264 e. The summed E-state index contributed by atoms with van der Waals surface area (Å²) in [5.74, 6) is 1.73. The van der Waals surface area contributed by atoms with Crippen LogP contribution >= 0.6 is 22.9 Å². The molecule has 3 N–H and O–H groups in total. The molecule has 2 aromatic carbocycles. The number of benzene rings is 2. The number of anilines is 1. The number of nitrogens with one attached hydrogen (secondary N) is 1. The fourth-order valence-corrected chi connectivity index (χ4v) is 6.19. The van der Waals surface area contributed by atoms with Crippen molar-refractivity contribution in [3.05, 3.63) is 87.8 Å². The van der Waals surface area contributed by atoms with Crippen molar-refractivity contribution in [3.8, 4) is 0 Å².